The molecule has 0 aromatic heterocycles. The van der Waals surface area contributed by atoms with E-state index in [4.69, 9.17) is 16.3 Å². The molecule has 1 aromatic rings. The summed E-state index contributed by atoms with van der Waals surface area (Å²) in [5.74, 6) is -0.518. The molecule has 8 heteroatoms. The van der Waals surface area contributed by atoms with Crippen LogP contribution in [0.3, 0.4) is 0 Å². The Hall–Kier alpha value is -2.64. The summed E-state index contributed by atoms with van der Waals surface area (Å²) >= 11 is 6.06. The molecule has 4 rings (SSSR count). The third-order valence-corrected chi connectivity index (χ3v) is 5.49. The number of nitrogens with zero attached hydrogens (tertiary/aromatic N) is 3. The number of carbonyl (C=O) groups excluding carboxylic acids is 1. The van der Waals surface area contributed by atoms with Gasteiger partial charge in [-0.2, -0.15) is 5.10 Å². The number of nitrogens with one attached hydrogen (secondary N) is 1. The summed E-state index contributed by atoms with van der Waals surface area (Å²) in [5.41, 5.74) is 1.80. The maximum Gasteiger partial charge on any atom is 0.341 e. The molecule has 146 valence electrons. The maximum atomic E-state index is 12.2. The number of halogens is 1. The molecular weight excluding hydrogens is 380 g/mol. The molecule has 3 aliphatic rings. The molecule has 0 saturated carbocycles. The Morgan fingerprint density at radius 2 is 1.96 bits per heavy atom. The third kappa shape index (κ3) is 3.55. The molecule has 0 amide bonds. The molecule has 28 heavy (non-hydrogen) atoms. The number of likely N-dealkylation sites (tertiary alicyclic amines) is 1. The number of hydrogen-bond donors (Lipinski definition) is 1. The Kier molecular flexibility index (Phi) is 5.19. The molecule has 1 N–H and O–H groups in total. The van der Waals surface area contributed by atoms with Crippen molar-refractivity contribution in [2.45, 2.75) is 25.4 Å². The van der Waals surface area contributed by atoms with E-state index in [9.17, 15) is 9.59 Å². The second-order valence-electron chi connectivity index (χ2n) is 6.99. The molecule has 0 radical (unpaired) electrons. The lowest BCUT2D eigenvalue weighted by Gasteiger charge is -2.29. The molecule has 3 heterocycles. The minimum atomic E-state index is -0.518. The summed E-state index contributed by atoms with van der Waals surface area (Å²) in [6, 6.07) is 7.94. The van der Waals surface area contributed by atoms with E-state index in [0.29, 0.717) is 22.8 Å². The van der Waals surface area contributed by atoms with Crippen LogP contribution in [-0.4, -0.2) is 45.8 Å². The van der Waals surface area contributed by atoms with Gasteiger partial charge in [-0.1, -0.05) is 23.7 Å². The van der Waals surface area contributed by atoms with Crippen LogP contribution in [0.2, 0.25) is 5.02 Å². The zero-order chi connectivity index (χ0) is 19.7. The van der Waals surface area contributed by atoms with Crippen molar-refractivity contribution in [1.82, 2.24) is 19.7 Å². The molecule has 1 saturated heterocycles. The number of fused-ring (bicyclic) bond motifs is 1. The summed E-state index contributed by atoms with van der Waals surface area (Å²) in [4.78, 5) is 26.8. The number of pyridine rings is 1. The van der Waals surface area contributed by atoms with Gasteiger partial charge in [0.2, 0.25) is 0 Å². The van der Waals surface area contributed by atoms with Gasteiger partial charge >= 0.3 is 5.97 Å². The number of carbonyl (C=O) groups is 1. The standard InChI is InChI=1S/C20H21ClN4O3/c1-28-20(27)16-11-24(10-15-18(16)22-23-19(15)26)12-17(25-8-2-3-9-25)13-4-6-14(21)7-5-13/h4-7,10-11,17H,2-3,8-9,12H2,1H3,(H,23,26)/t17-/m0/s1. The molecular formula is C20H21ClN4O3. The van der Waals surface area contributed by atoms with Crippen molar-refractivity contribution in [2.75, 3.05) is 20.2 Å². The zero-order valence-electron chi connectivity index (χ0n) is 15.5. The highest BCUT2D eigenvalue weighted by atomic mass is 35.5. The summed E-state index contributed by atoms with van der Waals surface area (Å²) in [7, 11) is 1.32. The number of aromatic nitrogens is 3. The number of H-pyrrole nitrogens is 1. The van der Waals surface area contributed by atoms with Crippen LogP contribution in [0.15, 0.2) is 41.5 Å². The monoisotopic (exact) mass is 400 g/mol. The molecule has 0 unspecified atom stereocenters. The minimum absolute atomic E-state index is 0.106. The van der Waals surface area contributed by atoms with Gasteiger partial charge < -0.3 is 9.30 Å². The average molecular weight is 401 g/mol. The fraction of sp³-hybridized carbons (Fsp3) is 0.350. The topological polar surface area (TPSA) is 80.2 Å². The molecule has 1 atom stereocenters. The summed E-state index contributed by atoms with van der Waals surface area (Å²) in [6.45, 7) is 2.61. The van der Waals surface area contributed by atoms with Gasteiger partial charge in [-0.25, -0.2) is 9.89 Å². The molecule has 7 nitrogen and oxygen atoms in total. The van der Waals surface area contributed by atoms with Crippen molar-refractivity contribution in [3.05, 3.63) is 63.2 Å². The first kappa shape index (κ1) is 18.7. The van der Waals surface area contributed by atoms with Crippen LogP contribution in [-0.2, 0) is 11.3 Å². The number of methoxy groups -OCH3 is 1. The predicted molar refractivity (Wildman–Crippen MR) is 106 cm³/mol. The number of ether oxygens (including phenoxy) is 1. The molecule has 0 spiro atoms. The Labute approximate surface area is 167 Å². The first-order chi connectivity index (χ1) is 13.6. The normalized spacial score (nSPS) is 15.8. The smallest absolute Gasteiger partial charge is 0.341 e. The fourth-order valence-electron chi connectivity index (χ4n) is 3.82. The van der Waals surface area contributed by atoms with Crippen LogP contribution in [0.4, 0.5) is 0 Å². The Bertz CT molecular complexity index is 1010. The van der Waals surface area contributed by atoms with Crippen molar-refractivity contribution < 1.29 is 9.53 Å². The number of benzene rings is 1. The first-order valence-electron chi connectivity index (χ1n) is 9.23. The highest BCUT2D eigenvalue weighted by Gasteiger charge is 2.26. The zero-order valence-corrected chi connectivity index (χ0v) is 16.3. The van der Waals surface area contributed by atoms with E-state index in [1.807, 2.05) is 28.8 Å². The maximum absolute atomic E-state index is 12.2. The molecule has 1 aromatic carbocycles. The third-order valence-electron chi connectivity index (χ3n) is 5.24. The van der Waals surface area contributed by atoms with Gasteiger partial charge in [-0.05, 0) is 43.6 Å². The number of aromatic amines is 1. The van der Waals surface area contributed by atoms with Crippen LogP contribution in [0.25, 0.3) is 11.3 Å². The lowest BCUT2D eigenvalue weighted by Crippen LogP contribution is -2.29. The number of rotatable bonds is 5. The van der Waals surface area contributed by atoms with Crippen LogP contribution in [0.1, 0.15) is 34.8 Å². The molecule has 3 aliphatic heterocycles. The van der Waals surface area contributed by atoms with E-state index in [-0.39, 0.29) is 17.2 Å². The van der Waals surface area contributed by atoms with Gasteiger partial charge in [0.25, 0.3) is 5.56 Å². The SMILES string of the molecule is COC(=O)c1cn(C[C@@H](c2ccc(Cl)cc2)N2CCCC2)cc2c(=O)[nH]nc1-2. The summed E-state index contributed by atoms with van der Waals surface area (Å²) in [6.07, 6.45) is 5.77. The van der Waals surface area contributed by atoms with Crippen molar-refractivity contribution >= 4 is 17.6 Å². The number of esters is 1. The highest BCUT2D eigenvalue weighted by molar-refractivity contribution is 6.30. The van der Waals surface area contributed by atoms with E-state index >= 15 is 0 Å². The average Bonchev–Trinajstić information content (AvgIpc) is 3.36. The van der Waals surface area contributed by atoms with Crippen molar-refractivity contribution in [3.63, 3.8) is 0 Å². The van der Waals surface area contributed by atoms with Crippen LogP contribution in [0.5, 0.6) is 0 Å². The van der Waals surface area contributed by atoms with E-state index in [1.54, 1.807) is 12.4 Å². The van der Waals surface area contributed by atoms with E-state index < -0.39 is 5.97 Å². The van der Waals surface area contributed by atoms with E-state index in [2.05, 4.69) is 15.1 Å². The predicted octanol–water partition coefficient (Wildman–Crippen LogP) is 2.95. The minimum Gasteiger partial charge on any atom is -0.465 e. The highest BCUT2D eigenvalue weighted by Crippen LogP contribution is 2.29. The van der Waals surface area contributed by atoms with E-state index in [0.717, 1.165) is 31.5 Å². The first-order valence-corrected chi connectivity index (χ1v) is 9.60. The Morgan fingerprint density at radius 1 is 1.25 bits per heavy atom. The van der Waals surface area contributed by atoms with Gasteiger partial charge in [0.05, 0.1) is 18.7 Å². The van der Waals surface area contributed by atoms with Gasteiger partial charge in [0.15, 0.2) is 0 Å². The molecule has 0 bridgehead atoms. The quantitative estimate of drug-likeness (QED) is 0.666. The molecule has 1 fully saturated rings. The largest absolute Gasteiger partial charge is 0.465 e. The van der Waals surface area contributed by atoms with Gasteiger partial charge in [0, 0.05) is 24.0 Å². The second kappa shape index (κ2) is 7.77. The van der Waals surface area contributed by atoms with Gasteiger partial charge in [-0.15, -0.1) is 0 Å². The molecule has 0 aliphatic carbocycles. The van der Waals surface area contributed by atoms with Crippen molar-refractivity contribution in [3.8, 4) is 11.3 Å². The Morgan fingerprint density at radius 3 is 2.64 bits per heavy atom. The Balaban J connectivity index is 1.75. The lowest BCUT2D eigenvalue weighted by atomic mass is 10.0. The van der Waals surface area contributed by atoms with Crippen LogP contribution >= 0.6 is 11.6 Å². The second-order valence-corrected chi connectivity index (χ2v) is 7.42. The fourth-order valence-corrected chi connectivity index (χ4v) is 3.95. The summed E-state index contributed by atoms with van der Waals surface area (Å²) < 4.78 is 6.76. The van der Waals surface area contributed by atoms with Crippen molar-refractivity contribution in [1.29, 1.82) is 0 Å². The van der Waals surface area contributed by atoms with Crippen LogP contribution in [0, 0.1) is 0 Å². The number of hydrogen-bond acceptors (Lipinski definition) is 5. The van der Waals surface area contributed by atoms with Crippen molar-refractivity contribution in [2.24, 2.45) is 0 Å². The van der Waals surface area contributed by atoms with E-state index in [1.165, 1.54) is 7.11 Å². The lowest BCUT2D eigenvalue weighted by molar-refractivity contribution is 0.0600. The van der Waals surface area contributed by atoms with Gasteiger partial charge in [-0.3, -0.25) is 9.69 Å². The summed E-state index contributed by atoms with van der Waals surface area (Å²) in [5, 5.41) is 7.09. The van der Waals surface area contributed by atoms with Gasteiger partial charge in [0.1, 0.15) is 11.3 Å². The van der Waals surface area contributed by atoms with Crippen LogP contribution < -0.4 is 5.56 Å².